The largest absolute Gasteiger partial charge is 0.326 e. The van der Waals surface area contributed by atoms with Crippen molar-refractivity contribution in [3.8, 4) is 5.69 Å². The minimum Gasteiger partial charge on any atom is -0.326 e. The zero-order valence-corrected chi connectivity index (χ0v) is 12.0. The van der Waals surface area contributed by atoms with Crippen LogP contribution in [-0.2, 0) is 4.79 Å². The van der Waals surface area contributed by atoms with E-state index in [1.165, 1.54) is 0 Å². The summed E-state index contributed by atoms with van der Waals surface area (Å²) in [5.41, 5.74) is 2.70. The smallest absolute Gasteiger partial charge is 0.224 e. The number of carbonyl (C=O) groups excluding carboxylic acids is 1. The first-order chi connectivity index (χ1) is 9.56. The third-order valence-corrected chi connectivity index (χ3v) is 3.03. The number of amides is 1. The molecule has 0 radical (unpaired) electrons. The Kier molecular flexibility index (Phi) is 4.45. The molecule has 0 aliphatic rings. The topological polar surface area (TPSA) is 72.7 Å². The average Bonchev–Trinajstić information content (AvgIpc) is 2.90. The number of aryl methyl sites for hydroxylation is 1. The maximum absolute atomic E-state index is 11.8. The molecule has 20 heavy (non-hydrogen) atoms. The highest BCUT2D eigenvalue weighted by molar-refractivity contribution is 5.90. The Morgan fingerprint density at radius 2 is 2.20 bits per heavy atom. The van der Waals surface area contributed by atoms with Gasteiger partial charge in [0.1, 0.15) is 6.33 Å². The lowest BCUT2D eigenvalue weighted by Gasteiger charge is -2.10. The Bertz CT molecular complexity index is 577. The molecule has 0 bridgehead atoms. The van der Waals surface area contributed by atoms with Crippen LogP contribution in [0.5, 0.6) is 0 Å². The number of benzene rings is 1. The van der Waals surface area contributed by atoms with Gasteiger partial charge in [0.25, 0.3) is 0 Å². The molecular formula is C14H19N5O. The zero-order valence-electron chi connectivity index (χ0n) is 12.0. The van der Waals surface area contributed by atoms with Crippen LogP contribution < -0.4 is 5.32 Å². The molecular weight excluding hydrogens is 254 g/mol. The highest BCUT2D eigenvalue weighted by Crippen LogP contribution is 2.18. The van der Waals surface area contributed by atoms with E-state index in [1.54, 1.807) is 11.0 Å². The zero-order chi connectivity index (χ0) is 14.5. The van der Waals surface area contributed by atoms with Crippen molar-refractivity contribution in [1.82, 2.24) is 20.2 Å². The molecule has 1 aromatic carbocycles. The molecule has 106 valence electrons. The third kappa shape index (κ3) is 3.63. The first-order valence-electron chi connectivity index (χ1n) is 6.70. The summed E-state index contributed by atoms with van der Waals surface area (Å²) >= 11 is 0. The molecule has 2 rings (SSSR count). The van der Waals surface area contributed by atoms with Gasteiger partial charge in [0.05, 0.1) is 5.69 Å². The van der Waals surface area contributed by atoms with E-state index in [0.29, 0.717) is 12.3 Å². The fraction of sp³-hybridized carbons (Fsp3) is 0.429. The number of rotatable bonds is 5. The van der Waals surface area contributed by atoms with Gasteiger partial charge in [0.2, 0.25) is 5.91 Å². The summed E-state index contributed by atoms with van der Waals surface area (Å²) in [5.74, 6) is 0.581. The van der Waals surface area contributed by atoms with Crippen molar-refractivity contribution in [1.29, 1.82) is 0 Å². The standard InChI is InChI=1S/C14H19N5O/c1-10(2)4-7-14(20)16-12-5-6-13(11(3)8-12)19-9-15-17-18-19/h5-6,8-10H,4,7H2,1-3H3,(H,16,20). The van der Waals surface area contributed by atoms with Crippen LogP contribution in [0.15, 0.2) is 24.5 Å². The van der Waals surface area contributed by atoms with Crippen LogP contribution in [0.25, 0.3) is 5.69 Å². The second-order valence-corrected chi connectivity index (χ2v) is 5.24. The summed E-state index contributed by atoms with van der Waals surface area (Å²) < 4.78 is 1.60. The maximum atomic E-state index is 11.8. The normalized spacial score (nSPS) is 10.8. The molecule has 1 aromatic heterocycles. The van der Waals surface area contributed by atoms with E-state index >= 15 is 0 Å². The van der Waals surface area contributed by atoms with Crippen molar-refractivity contribution in [2.75, 3.05) is 5.32 Å². The molecule has 0 aliphatic carbocycles. The summed E-state index contributed by atoms with van der Waals surface area (Å²) in [7, 11) is 0. The number of aromatic nitrogens is 4. The van der Waals surface area contributed by atoms with Crippen molar-refractivity contribution < 1.29 is 4.79 Å². The number of hydrogen-bond donors (Lipinski definition) is 1. The van der Waals surface area contributed by atoms with Gasteiger partial charge in [-0.15, -0.1) is 5.10 Å². The molecule has 0 unspecified atom stereocenters. The van der Waals surface area contributed by atoms with Crippen molar-refractivity contribution in [2.45, 2.75) is 33.6 Å². The summed E-state index contributed by atoms with van der Waals surface area (Å²) in [6.07, 6.45) is 2.99. The van der Waals surface area contributed by atoms with E-state index in [2.05, 4.69) is 34.7 Å². The summed E-state index contributed by atoms with van der Waals surface area (Å²) in [6.45, 7) is 6.18. The molecule has 6 heteroatoms. The van der Waals surface area contributed by atoms with Gasteiger partial charge in [-0.05, 0) is 53.5 Å². The number of tetrazole rings is 1. The minimum atomic E-state index is 0.0493. The number of carbonyl (C=O) groups is 1. The van der Waals surface area contributed by atoms with Gasteiger partial charge in [0, 0.05) is 12.1 Å². The average molecular weight is 273 g/mol. The Balaban J connectivity index is 2.04. The summed E-state index contributed by atoms with van der Waals surface area (Å²) in [6, 6.07) is 5.67. The van der Waals surface area contributed by atoms with E-state index in [1.807, 2.05) is 25.1 Å². The third-order valence-electron chi connectivity index (χ3n) is 3.03. The molecule has 0 aliphatic heterocycles. The Morgan fingerprint density at radius 3 is 2.80 bits per heavy atom. The molecule has 6 nitrogen and oxygen atoms in total. The molecule has 0 saturated heterocycles. The highest BCUT2D eigenvalue weighted by Gasteiger charge is 2.07. The van der Waals surface area contributed by atoms with Crippen LogP contribution in [0.3, 0.4) is 0 Å². The molecule has 1 amide bonds. The van der Waals surface area contributed by atoms with E-state index in [9.17, 15) is 4.79 Å². The van der Waals surface area contributed by atoms with E-state index in [0.717, 1.165) is 23.4 Å². The quantitative estimate of drug-likeness (QED) is 0.907. The minimum absolute atomic E-state index is 0.0493. The number of anilines is 1. The van der Waals surface area contributed by atoms with Gasteiger partial charge in [-0.1, -0.05) is 13.8 Å². The SMILES string of the molecule is Cc1cc(NC(=O)CCC(C)C)ccc1-n1cnnn1. The lowest BCUT2D eigenvalue weighted by atomic mass is 10.1. The lowest BCUT2D eigenvalue weighted by Crippen LogP contribution is -2.12. The van der Waals surface area contributed by atoms with Crippen molar-refractivity contribution in [3.63, 3.8) is 0 Å². The Morgan fingerprint density at radius 1 is 1.40 bits per heavy atom. The van der Waals surface area contributed by atoms with E-state index in [4.69, 9.17) is 0 Å². The molecule has 0 atom stereocenters. The number of hydrogen-bond acceptors (Lipinski definition) is 4. The summed E-state index contributed by atoms with van der Waals surface area (Å²) in [4.78, 5) is 11.8. The van der Waals surface area contributed by atoms with E-state index < -0.39 is 0 Å². The number of nitrogens with one attached hydrogen (secondary N) is 1. The predicted molar refractivity (Wildman–Crippen MR) is 76.6 cm³/mol. The fourth-order valence-corrected chi connectivity index (χ4v) is 1.91. The van der Waals surface area contributed by atoms with Crippen LogP contribution >= 0.6 is 0 Å². The van der Waals surface area contributed by atoms with Crippen LogP contribution in [0, 0.1) is 12.8 Å². The maximum Gasteiger partial charge on any atom is 0.224 e. The molecule has 0 fully saturated rings. The monoisotopic (exact) mass is 273 g/mol. The molecule has 2 aromatic rings. The fourth-order valence-electron chi connectivity index (χ4n) is 1.91. The van der Waals surface area contributed by atoms with Crippen molar-refractivity contribution >= 4 is 11.6 Å². The van der Waals surface area contributed by atoms with Crippen LogP contribution in [0.4, 0.5) is 5.69 Å². The van der Waals surface area contributed by atoms with Gasteiger partial charge in [-0.3, -0.25) is 4.79 Å². The van der Waals surface area contributed by atoms with Crippen molar-refractivity contribution in [2.24, 2.45) is 5.92 Å². The Hall–Kier alpha value is -2.24. The lowest BCUT2D eigenvalue weighted by molar-refractivity contribution is -0.116. The molecule has 1 heterocycles. The van der Waals surface area contributed by atoms with E-state index in [-0.39, 0.29) is 5.91 Å². The van der Waals surface area contributed by atoms with Gasteiger partial charge < -0.3 is 5.32 Å². The molecule has 1 N–H and O–H groups in total. The second-order valence-electron chi connectivity index (χ2n) is 5.24. The highest BCUT2D eigenvalue weighted by atomic mass is 16.1. The van der Waals surface area contributed by atoms with Gasteiger partial charge in [-0.2, -0.15) is 0 Å². The van der Waals surface area contributed by atoms with Gasteiger partial charge in [-0.25, -0.2) is 4.68 Å². The molecule has 0 saturated carbocycles. The number of nitrogens with zero attached hydrogens (tertiary/aromatic N) is 4. The molecule has 0 spiro atoms. The van der Waals surface area contributed by atoms with Crippen LogP contribution in [0.1, 0.15) is 32.3 Å². The Labute approximate surface area is 118 Å². The first kappa shape index (κ1) is 14.2. The predicted octanol–water partition coefficient (Wildman–Crippen LogP) is 2.35. The summed E-state index contributed by atoms with van der Waals surface area (Å²) in [5, 5.41) is 14.0. The van der Waals surface area contributed by atoms with Crippen molar-refractivity contribution in [3.05, 3.63) is 30.1 Å². The van der Waals surface area contributed by atoms with Crippen LogP contribution in [-0.4, -0.2) is 26.1 Å². The van der Waals surface area contributed by atoms with Crippen LogP contribution in [0.2, 0.25) is 0 Å². The second kappa shape index (κ2) is 6.27. The first-order valence-corrected chi connectivity index (χ1v) is 6.70. The van der Waals surface area contributed by atoms with Gasteiger partial charge in [0.15, 0.2) is 0 Å². The van der Waals surface area contributed by atoms with Gasteiger partial charge >= 0.3 is 0 Å².